The Morgan fingerprint density at radius 3 is 1.27 bits per heavy atom. The monoisotopic (exact) mass is 1170 g/mol. The molecular formula is C72H127NO10. The predicted octanol–water partition coefficient (Wildman–Crippen LogP) is 17.3. The summed E-state index contributed by atoms with van der Waals surface area (Å²) in [4.78, 5) is 26.6. The van der Waals surface area contributed by atoms with Crippen molar-refractivity contribution in [3.05, 3.63) is 85.1 Å². The molecule has 1 heterocycles. The first-order chi connectivity index (χ1) is 40.7. The summed E-state index contributed by atoms with van der Waals surface area (Å²) in [5, 5.41) is 57.2. The first-order valence-corrected chi connectivity index (χ1v) is 34.4. The van der Waals surface area contributed by atoms with Crippen molar-refractivity contribution in [2.45, 2.75) is 346 Å². The number of carbonyl (C=O) groups excluding carboxylic acids is 2. The number of rotatable bonds is 58. The highest BCUT2D eigenvalue weighted by atomic mass is 16.7. The van der Waals surface area contributed by atoms with Crippen molar-refractivity contribution in [1.82, 2.24) is 5.32 Å². The minimum absolute atomic E-state index is 0.112. The number of esters is 1. The molecule has 0 saturated carbocycles. The van der Waals surface area contributed by atoms with Crippen LogP contribution in [-0.2, 0) is 23.8 Å². The van der Waals surface area contributed by atoms with Gasteiger partial charge in [0.2, 0.25) is 5.91 Å². The van der Waals surface area contributed by atoms with Crippen molar-refractivity contribution < 1.29 is 49.3 Å². The molecule has 1 saturated heterocycles. The third-order valence-electron chi connectivity index (χ3n) is 15.8. The van der Waals surface area contributed by atoms with Gasteiger partial charge in [-0.05, 0) is 103 Å². The van der Waals surface area contributed by atoms with Crippen LogP contribution in [-0.4, -0.2) is 99.6 Å². The van der Waals surface area contributed by atoms with Crippen molar-refractivity contribution in [2.24, 2.45) is 0 Å². The van der Waals surface area contributed by atoms with E-state index in [9.17, 15) is 35.1 Å². The van der Waals surface area contributed by atoms with Crippen molar-refractivity contribution in [2.75, 3.05) is 13.2 Å². The molecule has 6 N–H and O–H groups in total. The molecule has 11 heteroatoms. The van der Waals surface area contributed by atoms with Gasteiger partial charge in [-0.1, -0.05) is 273 Å². The van der Waals surface area contributed by atoms with Gasteiger partial charge in [0, 0.05) is 6.42 Å². The normalized spacial score (nSPS) is 19.1. The minimum atomic E-state index is -1.62. The van der Waals surface area contributed by atoms with Crippen LogP contribution in [0.1, 0.15) is 297 Å². The first kappa shape index (κ1) is 77.9. The number of hydrogen-bond donors (Lipinski definition) is 6. The number of aliphatic hydroxyl groups excluding tert-OH is 5. The van der Waals surface area contributed by atoms with Gasteiger partial charge in [-0.15, -0.1) is 0 Å². The molecular weight excluding hydrogens is 1040 g/mol. The van der Waals surface area contributed by atoms with E-state index in [-0.39, 0.29) is 19.4 Å². The molecule has 1 amide bonds. The van der Waals surface area contributed by atoms with E-state index >= 15 is 0 Å². The van der Waals surface area contributed by atoms with Crippen molar-refractivity contribution in [3.8, 4) is 0 Å². The molecule has 8 atom stereocenters. The molecule has 480 valence electrons. The maximum absolute atomic E-state index is 13.5. The number of hydrogen-bond acceptors (Lipinski definition) is 10. The summed E-state index contributed by atoms with van der Waals surface area (Å²) >= 11 is 0. The van der Waals surface area contributed by atoms with Crippen molar-refractivity contribution in [3.63, 3.8) is 0 Å². The molecule has 83 heavy (non-hydrogen) atoms. The molecule has 0 spiro atoms. The lowest BCUT2D eigenvalue weighted by Crippen LogP contribution is -2.61. The van der Waals surface area contributed by atoms with Gasteiger partial charge in [-0.25, -0.2) is 0 Å². The highest BCUT2D eigenvalue weighted by Crippen LogP contribution is 2.26. The zero-order valence-corrected chi connectivity index (χ0v) is 53.3. The molecule has 1 aliphatic heterocycles. The summed E-state index contributed by atoms with van der Waals surface area (Å²) in [5.74, 6) is -1.21. The van der Waals surface area contributed by atoms with Gasteiger partial charge in [0.05, 0.1) is 25.4 Å². The smallest absolute Gasteiger partial charge is 0.306 e. The maximum atomic E-state index is 13.5. The highest BCUT2D eigenvalue weighted by Gasteiger charge is 2.47. The molecule has 0 aliphatic carbocycles. The fourth-order valence-electron chi connectivity index (χ4n) is 10.3. The van der Waals surface area contributed by atoms with E-state index in [0.717, 1.165) is 116 Å². The Morgan fingerprint density at radius 1 is 0.470 bits per heavy atom. The number of unbranched alkanes of at least 4 members (excludes halogenated alkanes) is 32. The Bertz CT molecular complexity index is 1670. The van der Waals surface area contributed by atoms with Crippen LogP contribution in [0.15, 0.2) is 85.1 Å². The number of amides is 1. The Hall–Kier alpha value is -3.16. The summed E-state index contributed by atoms with van der Waals surface area (Å²) < 4.78 is 17.7. The molecule has 0 radical (unpaired) electrons. The van der Waals surface area contributed by atoms with Crippen LogP contribution in [0.5, 0.6) is 0 Å². The number of ether oxygens (including phenoxy) is 3. The zero-order valence-electron chi connectivity index (χ0n) is 53.3. The Kier molecular flexibility index (Phi) is 55.5. The highest BCUT2D eigenvalue weighted by molar-refractivity contribution is 5.80. The first-order valence-electron chi connectivity index (χ1n) is 34.4. The van der Waals surface area contributed by atoms with Crippen LogP contribution in [0, 0.1) is 0 Å². The average molecular weight is 1170 g/mol. The van der Waals surface area contributed by atoms with Crippen LogP contribution >= 0.6 is 0 Å². The lowest BCUT2D eigenvalue weighted by molar-refractivity contribution is -0.305. The summed E-state index contributed by atoms with van der Waals surface area (Å²) in [6.45, 7) is 5.75. The standard InChI is InChI=1S/C72H127NO10/c1-4-7-10-13-16-19-22-25-27-29-30-31-32-33-34-35-36-37-39-42-45-48-51-54-57-60-67(77)83-70-69(79)68(78)66(61-74)82-72(70)81-62-63(64(75)58-55-52-49-46-43-40-24-21-18-15-12-9-6-3)73-71(80)65(76)59-56-53-50-47-44-41-38-28-26-23-20-17-14-11-8-5-2/h16-17,19-20,25-28,30-31,33-34,55,58,63-66,68-70,72,74-76,78-79H,4-15,18,21-24,29,32,35-54,56-57,59-62H2,1-3H3,(H,73,80)/b19-16-,20-17-,27-25-,28-26-,31-30-,34-33-,58-55+. The van der Waals surface area contributed by atoms with Gasteiger partial charge in [-0.2, -0.15) is 0 Å². The zero-order chi connectivity index (χ0) is 60.3. The van der Waals surface area contributed by atoms with Gasteiger partial charge < -0.3 is 45.1 Å². The number of aliphatic hydroxyl groups is 5. The van der Waals surface area contributed by atoms with E-state index in [0.29, 0.717) is 12.8 Å². The van der Waals surface area contributed by atoms with E-state index in [1.54, 1.807) is 6.08 Å². The number of nitrogens with one attached hydrogen (secondary N) is 1. The molecule has 0 aromatic carbocycles. The lowest BCUT2D eigenvalue weighted by atomic mass is 9.99. The SMILES string of the molecule is CCCCC/C=C\C/C=C\C/C=C\C/C=C\CCCCCCCCCCCC(=O)OC1C(OCC(NC(=O)C(O)CCCCCCCC/C=C\C/C=C\CCCCC)C(O)/C=C/CCCCCCCCCCCCC)OC(CO)C(O)C1O. The summed E-state index contributed by atoms with van der Waals surface area (Å²) in [6, 6.07) is -1.03. The maximum Gasteiger partial charge on any atom is 0.306 e. The third-order valence-corrected chi connectivity index (χ3v) is 15.8. The second kappa shape index (κ2) is 59.2. The average Bonchev–Trinajstić information content (AvgIpc) is 3.58. The Morgan fingerprint density at radius 2 is 0.831 bits per heavy atom. The summed E-state index contributed by atoms with van der Waals surface area (Å²) in [7, 11) is 0. The number of carbonyl (C=O) groups is 2. The third kappa shape index (κ3) is 46.7. The number of allylic oxidation sites excluding steroid dienone is 13. The van der Waals surface area contributed by atoms with E-state index in [2.05, 4.69) is 99.0 Å². The van der Waals surface area contributed by atoms with Crippen LogP contribution in [0.2, 0.25) is 0 Å². The Balaban J connectivity index is 2.61. The van der Waals surface area contributed by atoms with Crippen LogP contribution in [0.25, 0.3) is 0 Å². The van der Waals surface area contributed by atoms with E-state index in [1.165, 1.54) is 135 Å². The van der Waals surface area contributed by atoms with E-state index in [1.807, 2.05) is 6.08 Å². The van der Waals surface area contributed by atoms with Gasteiger partial charge >= 0.3 is 5.97 Å². The largest absolute Gasteiger partial charge is 0.454 e. The van der Waals surface area contributed by atoms with Gasteiger partial charge in [-0.3, -0.25) is 9.59 Å². The Labute approximate surface area is 508 Å². The molecule has 0 bridgehead atoms. The quantitative estimate of drug-likeness (QED) is 0.0195. The van der Waals surface area contributed by atoms with Gasteiger partial charge in [0.25, 0.3) is 0 Å². The predicted molar refractivity (Wildman–Crippen MR) is 347 cm³/mol. The van der Waals surface area contributed by atoms with Gasteiger partial charge in [0.15, 0.2) is 12.4 Å². The minimum Gasteiger partial charge on any atom is -0.454 e. The van der Waals surface area contributed by atoms with Crippen molar-refractivity contribution >= 4 is 11.9 Å². The molecule has 1 rings (SSSR count). The molecule has 0 aromatic heterocycles. The molecule has 0 aromatic rings. The second-order valence-electron chi connectivity index (χ2n) is 23.6. The van der Waals surface area contributed by atoms with Gasteiger partial charge in [0.1, 0.15) is 24.4 Å². The van der Waals surface area contributed by atoms with Crippen LogP contribution < -0.4 is 5.32 Å². The molecule has 1 aliphatic rings. The summed E-state index contributed by atoms with van der Waals surface area (Å²) in [5.41, 5.74) is 0. The second-order valence-corrected chi connectivity index (χ2v) is 23.6. The lowest BCUT2D eigenvalue weighted by Gasteiger charge is -2.41. The summed E-state index contributed by atoms with van der Waals surface area (Å²) in [6.07, 6.45) is 67.5. The molecule has 1 fully saturated rings. The molecule has 8 unspecified atom stereocenters. The van der Waals surface area contributed by atoms with E-state index in [4.69, 9.17) is 14.2 Å². The van der Waals surface area contributed by atoms with E-state index < -0.39 is 67.4 Å². The molecule has 11 nitrogen and oxygen atoms in total. The fourth-order valence-corrected chi connectivity index (χ4v) is 10.3. The van der Waals surface area contributed by atoms with Crippen LogP contribution in [0.3, 0.4) is 0 Å². The topological polar surface area (TPSA) is 175 Å². The fraction of sp³-hybridized carbons (Fsp3) is 0.778. The van der Waals surface area contributed by atoms with Crippen molar-refractivity contribution in [1.29, 1.82) is 0 Å². The van der Waals surface area contributed by atoms with Crippen LogP contribution in [0.4, 0.5) is 0 Å².